The topological polar surface area (TPSA) is 54.4 Å². The molecule has 23 heavy (non-hydrogen) atoms. The number of aliphatic hydroxyl groups is 1. The summed E-state index contributed by atoms with van der Waals surface area (Å²) in [6.45, 7) is 1.64. The first kappa shape index (κ1) is 16.1. The van der Waals surface area contributed by atoms with Crippen molar-refractivity contribution in [3.8, 4) is 5.75 Å². The third-order valence-electron chi connectivity index (χ3n) is 3.28. The van der Waals surface area contributed by atoms with Gasteiger partial charge in [0.25, 0.3) is 0 Å². The van der Waals surface area contributed by atoms with Crippen LogP contribution in [0.2, 0.25) is 0 Å². The summed E-state index contributed by atoms with van der Waals surface area (Å²) >= 11 is 3.18. The van der Waals surface area contributed by atoms with Crippen LogP contribution in [0.5, 0.6) is 5.75 Å². The summed E-state index contributed by atoms with van der Waals surface area (Å²) in [6.07, 6.45) is -0.472. The number of para-hydroxylation sites is 1. The molecule has 0 aliphatic rings. The number of rotatable bonds is 8. The highest BCUT2D eigenvalue weighted by atomic mass is 32.1. The Balaban J connectivity index is 1.42. The summed E-state index contributed by atoms with van der Waals surface area (Å²) in [6, 6.07) is 11.7. The Kier molecular flexibility index (Phi) is 5.76. The maximum absolute atomic E-state index is 10.0. The Bertz CT molecular complexity index is 698. The average Bonchev–Trinajstić information content (AvgIpc) is 3.26. The first-order valence-electron chi connectivity index (χ1n) is 7.33. The van der Waals surface area contributed by atoms with Crippen molar-refractivity contribution in [1.29, 1.82) is 0 Å². The van der Waals surface area contributed by atoms with E-state index in [4.69, 9.17) is 4.74 Å². The highest BCUT2D eigenvalue weighted by Crippen LogP contribution is 2.16. The van der Waals surface area contributed by atoms with Gasteiger partial charge in [-0.1, -0.05) is 18.2 Å². The SMILES string of the molecule is OC(CNCc1csc(COc2ccccc2)n1)c1ccsc1. The number of thiophene rings is 1. The number of benzene rings is 1. The molecule has 1 unspecified atom stereocenters. The third-order valence-corrected chi connectivity index (χ3v) is 4.85. The number of hydrogen-bond acceptors (Lipinski definition) is 6. The molecule has 120 valence electrons. The van der Waals surface area contributed by atoms with E-state index in [-0.39, 0.29) is 0 Å². The quantitative estimate of drug-likeness (QED) is 0.654. The first-order valence-corrected chi connectivity index (χ1v) is 9.15. The smallest absolute Gasteiger partial charge is 0.140 e. The van der Waals surface area contributed by atoms with Gasteiger partial charge in [0.15, 0.2) is 0 Å². The van der Waals surface area contributed by atoms with Gasteiger partial charge < -0.3 is 15.2 Å². The van der Waals surface area contributed by atoms with Gasteiger partial charge in [0.05, 0.1) is 11.8 Å². The van der Waals surface area contributed by atoms with Crippen molar-refractivity contribution >= 4 is 22.7 Å². The Hall–Kier alpha value is -1.73. The third kappa shape index (κ3) is 4.87. The van der Waals surface area contributed by atoms with Crippen molar-refractivity contribution in [2.45, 2.75) is 19.3 Å². The molecule has 2 aromatic heterocycles. The number of thiazole rings is 1. The van der Waals surface area contributed by atoms with E-state index < -0.39 is 6.10 Å². The van der Waals surface area contributed by atoms with E-state index in [1.807, 2.05) is 52.5 Å². The van der Waals surface area contributed by atoms with E-state index in [9.17, 15) is 5.11 Å². The number of hydrogen-bond donors (Lipinski definition) is 2. The molecule has 1 aromatic carbocycles. The van der Waals surface area contributed by atoms with Crippen LogP contribution in [0.3, 0.4) is 0 Å². The Morgan fingerprint density at radius 1 is 1.17 bits per heavy atom. The maximum atomic E-state index is 10.0. The number of aromatic nitrogens is 1. The van der Waals surface area contributed by atoms with E-state index in [2.05, 4.69) is 10.3 Å². The molecular weight excluding hydrogens is 328 g/mol. The monoisotopic (exact) mass is 346 g/mol. The number of aliphatic hydroxyl groups excluding tert-OH is 1. The molecule has 0 bridgehead atoms. The maximum Gasteiger partial charge on any atom is 0.140 e. The minimum atomic E-state index is -0.472. The van der Waals surface area contributed by atoms with Crippen LogP contribution in [0.15, 0.2) is 52.5 Å². The molecule has 0 amide bonds. The summed E-state index contributed by atoms with van der Waals surface area (Å²) in [5, 5.41) is 20.2. The van der Waals surface area contributed by atoms with Crippen molar-refractivity contribution in [2.75, 3.05) is 6.54 Å². The summed E-state index contributed by atoms with van der Waals surface area (Å²) in [7, 11) is 0. The number of nitrogens with zero attached hydrogens (tertiary/aromatic N) is 1. The molecule has 6 heteroatoms. The second-order valence-electron chi connectivity index (χ2n) is 5.04. The normalized spacial score (nSPS) is 12.2. The highest BCUT2D eigenvalue weighted by Gasteiger charge is 2.08. The lowest BCUT2D eigenvalue weighted by Crippen LogP contribution is -2.20. The first-order chi connectivity index (χ1) is 11.3. The minimum Gasteiger partial charge on any atom is -0.486 e. The molecule has 0 spiro atoms. The van der Waals surface area contributed by atoms with E-state index >= 15 is 0 Å². The zero-order valence-electron chi connectivity index (χ0n) is 12.5. The molecular formula is C17H18N2O2S2. The van der Waals surface area contributed by atoms with E-state index in [1.54, 1.807) is 22.7 Å². The van der Waals surface area contributed by atoms with Gasteiger partial charge in [-0.25, -0.2) is 4.98 Å². The van der Waals surface area contributed by atoms with Crippen LogP contribution in [0.1, 0.15) is 22.4 Å². The molecule has 0 aliphatic carbocycles. The fraction of sp³-hybridized carbons (Fsp3) is 0.235. The van der Waals surface area contributed by atoms with E-state index in [1.165, 1.54) is 0 Å². The standard InChI is InChI=1S/C17H18N2O2S2/c20-16(13-6-7-22-11-13)9-18-8-14-12-23-17(19-14)10-21-15-4-2-1-3-5-15/h1-7,11-12,16,18,20H,8-10H2. The van der Waals surface area contributed by atoms with Crippen LogP contribution in [-0.2, 0) is 13.2 Å². The summed E-state index contributed by atoms with van der Waals surface area (Å²) in [5.74, 6) is 0.848. The second kappa shape index (κ2) is 8.21. The van der Waals surface area contributed by atoms with Crippen LogP contribution in [0.4, 0.5) is 0 Å². The number of ether oxygens (including phenoxy) is 1. The molecule has 0 saturated heterocycles. The van der Waals surface area contributed by atoms with Crippen LogP contribution >= 0.6 is 22.7 Å². The molecule has 0 saturated carbocycles. The molecule has 3 aromatic rings. The fourth-order valence-corrected chi connectivity index (χ4v) is 3.49. The summed E-state index contributed by atoms with van der Waals surface area (Å²) < 4.78 is 5.69. The molecule has 2 N–H and O–H groups in total. The second-order valence-corrected chi connectivity index (χ2v) is 6.76. The van der Waals surface area contributed by atoms with Gasteiger partial charge in [-0.15, -0.1) is 11.3 Å². The zero-order valence-corrected chi connectivity index (χ0v) is 14.1. The largest absolute Gasteiger partial charge is 0.486 e. The zero-order chi connectivity index (χ0) is 15.9. The predicted octanol–water partition coefficient (Wildman–Crippen LogP) is 3.61. The lowest BCUT2D eigenvalue weighted by atomic mass is 10.2. The van der Waals surface area contributed by atoms with Crippen molar-refractivity contribution in [2.24, 2.45) is 0 Å². The van der Waals surface area contributed by atoms with E-state index in [0.717, 1.165) is 22.0 Å². The average molecular weight is 346 g/mol. The van der Waals surface area contributed by atoms with Gasteiger partial charge in [0.2, 0.25) is 0 Å². The molecule has 0 fully saturated rings. The predicted molar refractivity (Wildman–Crippen MR) is 93.9 cm³/mol. The highest BCUT2D eigenvalue weighted by molar-refractivity contribution is 7.09. The van der Waals surface area contributed by atoms with Gasteiger partial charge >= 0.3 is 0 Å². The lowest BCUT2D eigenvalue weighted by molar-refractivity contribution is 0.174. The van der Waals surface area contributed by atoms with Crippen molar-refractivity contribution < 1.29 is 9.84 Å². The Labute approximate surface area is 143 Å². The molecule has 3 rings (SSSR count). The van der Waals surface area contributed by atoms with Crippen LogP contribution in [0.25, 0.3) is 0 Å². The van der Waals surface area contributed by atoms with Crippen LogP contribution < -0.4 is 10.1 Å². The molecule has 2 heterocycles. The van der Waals surface area contributed by atoms with Crippen LogP contribution in [0, 0.1) is 0 Å². The number of nitrogens with one attached hydrogen (secondary N) is 1. The van der Waals surface area contributed by atoms with Crippen LogP contribution in [-0.4, -0.2) is 16.6 Å². The summed E-state index contributed by atoms with van der Waals surface area (Å²) in [5.41, 5.74) is 1.93. The van der Waals surface area contributed by atoms with Gasteiger partial charge in [-0.3, -0.25) is 0 Å². The molecule has 0 aliphatic heterocycles. The minimum absolute atomic E-state index is 0.472. The molecule has 1 atom stereocenters. The van der Waals surface area contributed by atoms with Gasteiger partial charge in [0.1, 0.15) is 17.4 Å². The van der Waals surface area contributed by atoms with E-state index in [0.29, 0.717) is 19.7 Å². The van der Waals surface area contributed by atoms with Crippen molar-refractivity contribution in [1.82, 2.24) is 10.3 Å². The Morgan fingerprint density at radius 2 is 2.04 bits per heavy atom. The Morgan fingerprint density at radius 3 is 2.83 bits per heavy atom. The van der Waals surface area contributed by atoms with Gasteiger partial charge in [-0.2, -0.15) is 11.3 Å². The van der Waals surface area contributed by atoms with Crippen molar-refractivity contribution in [3.05, 3.63) is 68.8 Å². The lowest BCUT2D eigenvalue weighted by Gasteiger charge is -2.09. The summed E-state index contributed by atoms with van der Waals surface area (Å²) in [4.78, 5) is 4.54. The molecule has 4 nitrogen and oxygen atoms in total. The van der Waals surface area contributed by atoms with Crippen molar-refractivity contribution in [3.63, 3.8) is 0 Å². The van der Waals surface area contributed by atoms with Gasteiger partial charge in [-0.05, 0) is 34.5 Å². The van der Waals surface area contributed by atoms with Gasteiger partial charge in [0, 0.05) is 18.5 Å². The fourth-order valence-electron chi connectivity index (χ4n) is 2.08. The molecule has 0 radical (unpaired) electrons.